The van der Waals surface area contributed by atoms with Crippen LogP contribution in [-0.4, -0.2) is 27.7 Å². The van der Waals surface area contributed by atoms with Gasteiger partial charge in [0.2, 0.25) is 5.28 Å². The molecule has 1 unspecified atom stereocenters. The average molecular weight is 230 g/mol. The molecule has 0 aliphatic carbocycles. The van der Waals surface area contributed by atoms with Crippen LogP contribution in [0.5, 0.6) is 0 Å². The molecule has 0 saturated heterocycles. The van der Waals surface area contributed by atoms with Crippen LogP contribution in [0.25, 0.3) is 0 Å². The van der Waals surface area contributed by atoms with Gasteiger partial charge in [-0.05, 0) is 24.9 Å². The second-order valence-electron chi connectivity index (χ2n) is 3.49. The Hall–Kier alpha value is -0.870. The van der Waals surface area contributed by atoms with E-state index in [-0.39, 0.29) is 5.28 Å². The van der Waals surface area contributed by atoms with Crippen molar-refractivity contribution in [3.8, 4) is 0 Å². The molecular weight excluding hydrogens is 214 g/mol. The maximum atomic E-state index is 9.12. The molecule has 0 aliphatic heterocycles. The van der Waals surface area contributed by atoms with Crippen molar-refractivity contribution < 1.29 is 5.11 Å². The number of nitrogens with zero attached hydrogens (tertiary/aromatic N) is 2. The predicted octanol–water partition coefficient (Wildman–Crippen LogP) is 1.88. The Labute approximate surface area is 94.7 Å². The maximum Gasteiger partial charge on any atom is 0.224 e. The molecule has 84 valence electrons. The van der Waals surface area contributed by atoms with Crippen molar-refractivity contribution in [3.05, 3.63) is 17.0 Å². The van der Waals surface area contributed by atoms with Crippen molar-refractivity contribution in [1.29, 1.82) is 0 Å². The molecule has 0 aliphatic rings. The van der Waals surface area contributed by atoms with Gasteiger partial charge < -0.3 is 10.4 Å². The Morgan fingerprint density at radius 2 is 2.27 bits per heavy atom. The minimum absolute atomic E-state index is 0.244. The van der Waals surface area contributed by atoms with E-state index in [2.05, 4.69) is 22.2 Å². The lowest BCUT2D eigenvalue weighted by Crippen LogP contribution is -2.16. The Kier molecular flexibility index (Phi) is 4.78. The largest absolute Gasteiger partial charge is 0.392 e. The predicted molar refractivity (Wildman–Crippen MR) is 61.2 cm³/mol. The summed E-state index contributed by atoms with van der Waals surface area (Å²) in [5, 5.41) is 12.4. The number of rotatable bonds is 5. The number of halogens is 1. The summed E-state index contributed by atoms with van der Waals surface area (Å²) in [5.41, 5.74) is 0.922. The van der Waals surface area contributed by atoms with Crippen LogP contribution < -0.4 is 5.32 Å². The van der Waals surface area contributed by atoms with Crippen molar-refractivity contribution >= 4 is 17.4 Å². The van der Waals surface area contributed by atoms with E-state index in [0.717, 1.165) is 18.5 Å². The Bertz CT molecular complexity index is 318. The molecule has 5 heteroatoms. The summed E-state index contributed by atoms with van der Waals surface area (Å²) in [6.07, 6.45) is 1.49. The van der Waals surface area contributed by atoms with Crippen LogP contribution in [0.2, 0.25) is 5.28 Å². The summed E-state index contributed by atoms with van der Waals surface area (Å²) in [7, 11) is 0. The topological polar surface area (TPSA) is 58.0 Å². The van der Waals surface area contributed by atoms with Gasteiger partial charge in [-0.2, -0.15) is 0 Å². The van der Waals surface area contributed by atoms with Crippen LogP contribution in [0, 0.1) is 0 Å². The molecule has 1 rings (SSSR count). The van der Waals surface area contributed by atoms with Crippen molar-refractivity contribution in [2.75, 3.05) is 11.9 Å². The van der Waals surface area contributed by atoms with E-state index in [0.29, 0.717) is 12.4 Å². The highest BCUT2D eigenvalue weighted by atomic mass is 35.5. The summed E-state index contributed by atoms with van der Waals surface area (Å²) in [6.45, 7) is 4.25. The second kappa shape index (κ2) is 5.88. The molecule has 1 heterocycles. The Morgan fingerprint density at radius 3 is 2.87 bits per heavy atom. The SMILES string of the molecule is CCCc1cc(NCC(C)O)nc(Cl)n1. The molecule has 0 amide bonds. The van der Waals surface area contributed by atoms with Crippen LogP contribution in [0.4, 0.5) is 5.82 Å². The molecule has 4 nitrogen and oxygen atoms in total. The summed E-state index contributed by atoms with van der Waals surface area (Å²) in [4.78, 5) is 8.12. The molecule has 0 spiro atoms. The third kappa shape index (κ3) is 4.44. The molecule has 2 N–H and O–H groups in total. The number of hydrogen-bond acceptors (Lipinski definition) is 4. The second-order valence-corrected chi connectivity index (χ2v) is 3.83. The van der Waals surface area contributed by atoms with Gasteiger partial charge in [-0.1, -0.05) is 13.3 Å². The molecule has 0 fully saturated rings. The van der Waals surface area contributed by atoms with E-state index >= 15 is 0 Å². The first-order valence-electron chi connectivity index (χ1n) is 5.07. The first-order chi connectivity index (χ1) is 7.11. The first kappa shape index (κ1) is 12.2. The summed E-state index contributed by atoms with van der Waals surface area (Å²) in [5.74, 6) is 0.666. The average Bonchev–Trinajstić information content (AvgIpc) is 2.14. The molecule has 0 radical (unpaired) electrons. The zero-order valence-corrected chi connectivity index (χ0v) is 9.75. The number of aryl methyl sites for hydroxylation is 1. The number of aliphatic hydroxyl groups is 1. The van der Waals surface area contributed by atoms with E-state index in [4.69, 9.17) is 16.7 Å². The third-order valence-electron chi connectivity index (χ3n) is 1.84. The quantitative estimate of drug-likeness (QED) is 0.757. The molecule has 15 heavy (non-hydrogen) atoms. The van der Waals surface area contributed by atoms with Crippen LogP contribution in [0.1, 0.15) is 26.0 Å². The number of nitrogens with one attached hydrogen (secondary N) is 1. The normalized spacial score (nSPS) is 12.5. The highest BCUT2D eigenvalue weighted by Crippen LogP contribution is 2.11. The summed E-state index contributed by atoms with van der Waals surface area (Å²) in [6, 6.07) is 1.86. The van der Waals surface area contributed by atoms with Crippen molar-refractivity contribution in [1.82, 2.24) is 9.97 Å². The zero-order chi connectivity index (χ0) is 11.3. The number of aromatic nitrogens is 2. The number of aliphatic hydroxyl groups excluding tert-OH is 1. The Balaban J connectivity index is 2.70. The summed E-state index contributed by atoms with van der Waals surface area (Å²) < 4.78 is 0. The molecule has 1 atom stereocenters. The van der Waals surface area contributed by atoms with Gasteiger partial charge in [0.15, 0.2) is 0 Å². The van der Waals surface area contributed by atoms with E-state index in [9.17, 15) is 0 Å². The lowest BCUT2D eigenvalue weighted by Gasteiger charge is -2.08. The first-order valence-corrected chi connectivity index (χ1v) is 5.45. The van der Waals surface area contributed by atoms with E-state index in [1.807, 2.05) is 6.07 Å². The van der Waals surface area contributed by atoms with E-state index < -0.39 is 6.10 Å². The van der Waals surface area contributed by atoms with Gasteiger partial charge in [-0.25, -0.2) is 9.97 Å². The standard InChI is InChI=1S/C10H16ClN3O/c1-3-4-8-5-9(12-6-7(2)15)14-10(11)13-8/h5,7,15H,3-4,6H2,1-2H3,(H,12,13,14). The minimum atomic E-state index is -0.409. The Morgan fingerprint density at radius 1 is 1.53 bits per heavy atom. The smallest absolute Gasteiger partial charge is 0.224 e. The van der Waals surface area contributed by atoms with Gasteiger partial charge in [0.25, 0.3) is 0 Å². The van der Waals surface area contributed by atoms with Gasteiger partial charge in [0, 0.05) is 18.3 Å². The third-order valence-corrected chi connectivity index (χ3v) is 2.01. The highest BCUT2D eigenvalue weighted by molar-refractivity contribution is 6.28. The van der Waals surface area contributed by atoms with Crippen LogP contribution in [-0.2, 0) is 6.42 Å². The van der Waals surface area contributed by atoms with Crippen LogP contribution in [0.15, 0.2) is 6.07 Å². The van der Waals surface area contributed by atoms with Crippen molar-refractivity contribution in [3.63, 3.8) is 0 Å². The van der Waals surface area contributed by atoms with Crippen LogP contribution in [0.3, 0.4) is 0 Å². The lowest BCUT2D eigenvalue weighted by molar-refractivity contribution is 0.208. The highest BCUT2D eigenvalue weighted by Gasteiger charge is 2.03. The van der Waals surface area contributed by atoms with Gasteiger partial charge in [0.05, 0.1) is 6.10 Å². The van der Waals surface area contributed by atoms with Gasteiger partial charge in [-0.3, -0.25) is 0 Å². The van der Waals surface area contributed by atoms with E-state index in [1.165, 1.54) is 0 Å². The number of anilines is 1. The summed E-state index contributed by atoms with van der Waals surface area (Å²) >= 11 is 5.78. The van der Waals surface area contributed by atoms with Gasteiger partial charge in [-0.15, -0.1) is 0 Å². The monoisotopic (exact) mass is 229 g/mol. The van der Waals surface area contributed by atoms with Gasteiger partial charge in [0.1, 0.15) is 5.82 Å². The van der Waals surface area contributed by atoms with Crippen molar-refractivity contribution in [2.45, 2.75) is 32.8 Å². The fourth-order valence-electron chi connectivity index (χ4n) is 1.19. The number of hydrogen-bond donors (Lipinski definition) is 2. The van der Waals surface area contributed by atoms with Crippen molar-refractivity contribution in [2.24, 2.45) is 0 Å². The molecule has 0 aromatic carbocycles. The van der Waals surface area contributed by atoms with Gasteiger partial charge >= 0.3 is 0 Å². The molecule has 0 bridgehead atoms. The van der Waals surface area contributed by atoms with Crippen LogP contribution >= 0.6 is 11.6 Å². The maximum absolute atomic E-state index is 9.12. The molecule has 1 aromatic rings. The zero-order valence-electron chi connectivity index (χ0n) is 9.00. The van der Waals surface area contributed by atoms with E-state index in [1.54, 1.807) is 6.92 Å². The molecule has 0 saturated carbocycles. The fourth-order valence-corrected chi connectivity index (χ4v) is 1.39. The molecule has 1 aromatic heterocycles. The fraction of sp³-hybridized carbons (Fsp3) is 0.600. The lowest BCUT2D eigenvalue weighted by atomic mass is 10.2. The molecular formula is C10H16ClN3O. The minimum Gasteiger partial charge on any atom is -0.392 e.